The number of hydrogen-bond donors (Lipinski definition) is 1. The molecule has 21 heavy (non-hydrogen) atoms. The van der Waals surface area contributed by atoms with E-state index in [4.69, 9.17) is 0 Å². The average molecular weight is 314 g/mol. The first kappa shape index (κ1) is 16.5. The Morgan fingerprint density at radius 1 is 1.43 bits per heavy atom. The summed E-state index contributed by atoms with van der Waals surface area (Å²) in [5, 5.41) is 2.93. The van der Waals surface area contributed by atoms with Crippen molar-refractivity contribution in [1.29, 1.82) is 0 Å². The van der Waals surface area contributed by atoms with Gasteiger partial charge in [0.15, 0.2) is 9.84 Å². The second-order valence-electron chi connectivity index (χ2n) is 6.18. The van der Waals surface area contributed by atoms with Gasteiger partial charge < -0.3 is 5.32 Å². The van der Waals surface area contributed by atoms with Gasteiger partial charge in [-0.15, -0.1) is 0 Å². The van der Waals surface area contributed by atoms with Crippen LogP contribution in [-0.4, -0.2) is 56.9 Å². The smallest absolute Gasteiger partial charge is 0.234 e. The van der Waals surface area contributed by atoms with E-state index in [9.17, 15) is 13.2 Å². The summed E-state index contributed by atoms with van der Waals surface area (Å²) in [5.74, 6) is 0.416. The van der Waals surface area contributed by atoms with Crippen molar-refractivity contribution >= 4 is 15.7 Å². The molecule has 1 atom stereocenters. The van der Waals surface area contributed by atoms with Crippen LogP contribution in [0.5, 0.6) is 0 Å². The maximum atomic E-state index is 11.9. The van der Waals surface area contributed by atoms with E-state index in [2.05, 4.69) is 11.4 Å². The van der Waals surface area contributed by atoms with Gasteiger partial charge in [0.25, 0.3) is 0 Å². The molecule has 0 aromatic rings. The molecule has 6 heteroatoms. The Hall–Kier alpha value is -0.880. The van der Waals surface area contributed by atoms with Gasteiger partial charge in [-0.1, -0.05) is 11.6 Å². The first-order valence-electron chi connectivity index (χ1n) is 7.81. The number of hydrogen-bond acceptors (Lipinski definition) is 4. The highest BCUT2D eigenvalue weighted by Gasteiger charge is 2.31. The molecule has 1 unspecified atom stereocenters. The molecule has 2 rings (SSSR count). The van der Waals surface area contributed by atoms with E-state index in [1.165, 1.54) is 24.8 Å². The van der Waals surface area contributed by atoms with Gasteiger partial charge in [-0.25, -0.2) is 8.42 Å². The van der Waals surface area contributed by atoms with Crippen LogP contribution in [0.3, 0.4) is 0 Å². The van der Waals surface area contributed by atoms with Crippen LogP contribution in [-0.2, 0) is 14.6 Å². The monoisotopic (exact) mass is 314 g/mol. The maximum absolute atomic E-state index is 11.9. The molecule has 1 amide bonds. The van der Waals surface area contributed by atoms with E-state index in [1.807, 2.05) is 11.9 Å². The van der Waals surface area contributed by atoms with Gasteiger partial charge in [0.1, 0.15) is 0 Å². The summed E-state index contributed by atoms with van der Waals surface area (Å²) in [6, 6.07) is -0.0122. The largest absolute Gasteiger partial charge is 0.355 e. The molecule has 0 radical (unpaired) electrons. The molecule has 0 bridgehead atoms. The van der Waals surface area contributed by atoms with Gasteiger partial charge in [-0.2, -0.15) is 0 Å². The maximum Gasteiger partial charge on any atom is 0.234 e. The van der Waals surface area contributed by atoms with Gasteiger partial charge in [-0.05, 0) is 45.6 Å². The minimum atomic E-state index is -2.89. The third-order valence-corrected chi connectivity index (χ3v) is 6.13. The second-order valence-corrected chi connectivity index (χ2v) is 8.41. The van der Waals surface area contributed by atoms with Crippen LogP contribution in [0.4, 0.5) is 0 Å². The number of sulfone groups is 1. The Bertz CT molecular complexity index is 499. The highest BCUT2D eigenvalue weighted by molar-refractivity contribution is 7.91. The van der Waals surface area contributed by atoms with E-state index < -0.39 is 9.84 Å². The Morgan fingerprint density at radius 2 is 2.24 bits per heavy atom. The van der Waals surface area contributed by atoms with Crippen LogP contribution >= 0.6 is 0 Å². The Labute approximate surface area is 127 Å². The summed E-state index contributed by atoms with van der Waals surface area (Å²) in [6.07, 6.45) is 8.75. The SMILES string of the molecule is CN(CC(=O)NCCC1=CCCCC1)C1CCS(=O)(=O)C1. The van der Waals surface area contributed by atoms with Crippen LogP contribution < -0.4 is 5.32 Å². The predicted octanol–water partition coefficient (Wildman–Crippen LogP) is 1.11. The van der Waals surface area contributed by atoms with Crippen molar-refractivity contribution < 1.29 is 13.2 Å². The van der Waals surface area contributed by atoms with Gasteiger partial charge in [-0.3, -0.25) is 9.69 Å². The number of nitrogens with zero attached hydrogens (tertiary/aromatic N) is 1. The van der Waals surface area contributed by atoms with Crippen LogP contribution in [0.15, 0.2) is 11.6 Å². The van der Waals surface area contributed by atoms with E-state index in [1.54, 1.807) is 0 Å². The molecule has 1 heterocycles. The first-order valence-corrected chi connectivity index (χ1v) is 9.64. The number of carbonyl (C=O) groups is 1. The highest BCUT2D eigenvalue weighted by Crippen LogP contribution is 2.19. The van der Waals surface area contributed by atoms with Crippen molar-refractivity contribution in [3.63, 3.8) is 0 Å². The van der Waals surface area contributed by atoms with Crippen LogP contribution in [0.2, 0.25) is 0 Å². The number of likely N-dealkylation sites (N-methyl/N-ethyl adjacent to an activating group) is 1. The summed E-state index contributed by atoms with van der Waals surface area (Å²) in [4.78, 5) is 13.8. The van der Waals surface area contributed by atoms with Crippen LogP contribution in [0.1, 0.15) is 38.5 Å². The third kappa shape index (κ3) is 5.43. The highest BCUT2D eigenvalue weighted by atomic mass is 32.2. The normalized spacial score (nSPS) is 24.9. The van der Waals surface area contributed by atoms with E-state index in [-0.39, 0.29) is 30.0 Å². The predicted molar refractivity (Wildman–Crippen MR) is 83.9 cm³/mol. The Morgan fingerprint density at radius 3 is 2.86 bits per heavy atom. The molecule has 0 aromatic heterocycles. The minimum Gasteiger partial charge on any atom is -0.355 e. The minimum absolute atomic E-state index is 0.0122. The molecule has 1 aliphatic heterocycles. The molecule has 0 saturated carbocycles. The van der Waals surface area contributed by atoms with Crippen molar-refractivity contribution in [2.75, 3.05) is 31.6 Å². The number of allylic oxidation sites excluding steroid dienone is 1. The number of rotatable bonds is 6. The van der Waals surface area contributed by atoms with E-state index >= 15 is 0 Å². The number of carbonyl (C=O) groups excluding carboxylic acids is 1. The topological polar surface area (TPSA) is 66.5 Å². The molecule has 1 fully saturated rings. The molecule has 120 valence electrons. The molecule has 1 aliphatic carbocycles. The zero-order valence-electron chi connectivity index (χ0n) is 12.8. The molecular formula is C15H26N2O3S. The lowest BCUT2D eigenvalue weighted by atomic mass is 9.97. The molecular weight excluding hydrogens is 288 g/mol. The summed E-state index contributed by atoms with van der Waals surface area (Å²) in [6.45, 7) is 0.959. The summed E-state index contributed by atoms with van der Waals surface area (Å²) < 4.78 is 22.9. The standard InChI is InChI=1S/C15H26N2O3S/c1-17(14-8-10-21(19,20)12-14)11-15(18)16-9-7-13-5-3-2-4-6-13/h5,14H,2-4,6-12H2,1H3,(H,16,18). The average Bonchev–Trinajstić information content (AvgIpc) is 2.80. The Kier molecular flexibility index (Phi) is 5.81. The molecule has 1 N–H and O–H groups in total. The first-order chi connectivity index (χ1) is 9.96. The molecule has 2 aliphatic rings. The van der Waals surface area contributed by atoms with Crippen molar-refractivity contribution in [1.82, 2.24) is 10.2 Å². The van der Waals surface area contributed by atoms with Gasteiger partial charge >= 0.3 is 0 Å². The molecule has 0 aromatic carbocycles. The van der Waals surface area contributed by atoms with Crippen molar-refractivity contribution in [2.24, 2.45) is 0 Å². The molecule has 5 nitrogen and oxygen atoms in total. The third-order valence-electron chi connectivity index (χ3n) is 4.38. The second kappa shape index (κ2) is 7.40. The fourth-order valence-corrected chi connectivity index (χ4v) is 4.83. The van der Waals surface area contributed by atoms with E-state index in [0.29, 0.717) is 13.0 Å². The lowest BCUT2D eigenvalue weighted by Crippen LogP contribution is -2.41. The van der Waals surface area contributed by atoms with Gasteiger partial charge in [0.05, 0.1) is 18.1 Å². The lowest BCUT2D eigenvalue weighted by Gasteiger charge is -2.22. The summed E-state index contributed by atoms with van der Waals surface area (Å²) in [7, 11) is -1.06. The summed E-state index contributed by atoms with van der Waals surface area (Å²) >= 11 is 0. The summed E-state index contributed by atoms with van der Waals surface area (Å²) in [5.41, 5.74) is 1.46. The quantitative estimate of drug-likeness (QED) is 0.746. The fraction of sp³-hybridized carbons (Fsp3) is 0.800. The zero-order chi connectivity index (χ0) is 15.3. The van der Waals surface area contributed by atoms with Gasteiger partial charge in [0.2, 0.25) is 5.91 Å². The van der Waals surface area contributed by atoms with Crippen molar-refractivity contribution in [2.45, 2.75) is 44.6 Å². The molecule has 0 spiro atoms. The zero-order valence-corrected chi connectivity index (χ0v) is 13.6. The van der Waals surface area contributed by atoms with Crippen LogP contribution in [0.25, 0.3) is 0 Å². The fourth-order valence-electron chi connectivity index (χ4n) is 3.03. The van der Waals surface area contributed by atoms with Gasteiger partial charge in [0, 0.05) is 12.6 Å². The number of nitrogens with one attached hydrogen (secondary N) is 1. The lowest BCUT2D eigenvalue weighted by molar-refractivity contribution is -0.122. The van der Waals surface area contributed by atoms with Crippen LogP contribution in [0, 0.1) is 0 Å². The Balaban J connectivity index is 1.66. The molecule has 1 saturated heterocycles. The number of amides is 1. The van der Waals surface area contributed by atoms with Crippen molar-refractivity contribution in [3.8, 4) is 0 Å². The van der Waals surface area contributed by atoms with E-state index in [0.717, 1.165) is 12.8 Å². The van der Waals surface area contributed by atoms with Crippen molar-refractivity contribution in [3.05, 3.63) is 11.6 Å².